The molecule has 0 saturated heterocycles. The molecule has 1 aliphatic rings. The number of aromatic nitrogens is 4. The van der Waals surface area contributed by atoms with E-state index >= 15 is 0 Å². The van der Waals surface area contributed by atoms with Crippen LogP contribution >= 0.6 is 0 Å². The molecular weight excluding hydrogens is 166 g/mol. The van der Waals surface area contributed by atoms with Crippen LogP contribution in [0.25, 0.3) is 0 Å². The average molecular weight is 181 g/mol. The summed E-state index contributed by atoms with van der Waals surface area (Å²) < 4.78 is 1.87. The summed E-state index contributed by atoms with van der Waals surface area (Å²) in [5.41, 5.74) is 6.08. The topological polar surface area (TPSA) is 69.6 Å². The molecule has 0 amide bonds. The predicted molar refractivity (Wildman–Crippen MR) is 47.9 cm³/mol. The molecule has 0 radical (unpaired) electrons. The van der Waals surface area contributed by atoms with Crippen LogP contribution in [0.4, 0.5) is 0 Å². The van der Waals surface area contributed by atoms with Gasteiger partial charge in [-0.05, 0) is 29.2 Å². The zero-order valence-corrected chi connectivity index (χ0v) is 8.23. The predicted octanol–water partition coefficient (Wildman–Crippen LogP) is 0.664. The van der Waals surface area contributed by atoms with Crippen molar-refractivity contribution < 1.29 is 0 Å². The molecule has 2 atom stereocenters. The molecule has 0 bridgehead atoms. The molecule has 1 saturated carbocycles. The second-order valence-corrected chi connectivity index (χ2v) is 4.48. The molecular formula is C8H15N5. The van der Waals surface area contributed by atoms with Gasteiger partial charge in [-0.15, -0.1) is 5.10 Å². The van der Waals surface area contributed by atoms with E-state index in [0.717, 1.165) is 12.2 Å². The van der Waals surface area contributed by atoms with Gasteiger partial charge in [0.2, 0.25) is 0 Å². The van der Waals surface area contributed by atoms with Crippen LogP contribution in [0.15, 0.2) is 0 Å². The first kappa shape index (κ1) is 8.62. The third-order valence-electron chi connectivity index (χ3n) is 2.68. The van der Waals surface area contributed by atoms with Gasteiger partial charge in [0.1, 0.15) is 0 Å². The van der Waals surface area contributed by atoms with Crippen LogP contribution in [0.2, 0.25) is 0 Å². The molecule has 72 valence electrons. The Morgan fingerprint density at radius 2 is 2.23 bits per heavy atom. The SMILES string of the molecule is CC(N)c1nnnn1C1CC1(C)C. The first-order chi connectivity index (χ1) is 6.02. The van der Waals surface area contributed by atoms with Crippen LogP contribution in [0.3, 0.4) is 0 Å². The number of rotatable bonds is 2. The molecule has 1 aliphatic carbocycles. The lowest BCUT2D eigenvalue weighted by Crippen LogP contribution is -2.15. The summed E-state index contributed by atoms with van der Waals surface area (Å²) in [6, 6.07) is 0.342. The largest absolute Gasteiger partial charge is 0.322 e. The second-order valence-electron chi connectivity index (χ2n) is 4.48. The van der Waals surface area contributed by atoms with E-state index in [0.29, 0.717) is 11.5 Å². The summed E-state index contributed by atoms with van der Waals surface area (Å²) in [4.78, 5) is 0. The first-order valence-corrected chi connectivity index (χ1v) is 4.56. The minimum absolute atomic E-state index is 0.0913. The van der Waals surface area contributed by atoms with Crippen LogP contribution in [-0.2, 0) is 0 Å². The van der Waals surface area contributed by atoms with Gasteiger partial charge in [0.25, 0.3) is 0 Å². The monoisotopic (exact) mass is 181 g/mol. The zero-order chi connectivity index (χ0) is 9.64. The van der Waals surface area contributed by atoms with Crippen molar-refractivity contribution in [3.63, 3.8) is 0 Å². The molecule has 1 aromatic rings. The van der Waals surface area contributed by atoms with Crippen molar-refractivity contribution in [2.45, 2.75) is 39.3 Å². The molecule has 0 spiro atoms. The van der Waals surface area contributed by atoms with E-state index in [4.69, 9.17) is 5.73 Å². The Kier molecular flexibility index (Phi) is 1.66. The van der Waals surface area contributed by atoms with Crippen molar-refractivity contribution in [3.05, 3.63) is 5.82 Å². The average Bonchev–Trinajstić information content (AvgIpc) is 2.49. The van der Waals surface area contributed by atoms with Crippen molar-refractivity contribution in [2.75, 3.05) is 0 Å². The van der Waals surface area contributed by atoms with Crippen molar-refractivity contribution in [3.8, 4) is 0 Å². The summed E-state index contributed by atoms with van der Waals surface area (Å²) >= 11 is 0. The highest BCUT2D eigenvalue weighted by atomic mass is 15.6. The quantitative estimate of drug-likeness (QED) is 0.727. The maximum atomic E-state index is 5.75. The first-order valence-electron chi connectivity index (χ1n) is 4.56. The van der Waals surface area contributed by atoms with E-state index in [1.54, 1.807) is 0 Å². The molecule has 0 aromatic carbocycles. The maximum Gasteiger partial charge on any atom is 0.168 e. The Balaban J connectivity index is 2.27. The highest BCUT2D eigenvalue weighted by Gasteiger charge is 2.49. The smallest absolute Gasteiger partial charge is 0.168 e. The fourth-order valence-electron chi connectivity index (χ4n) is 1.58. The van der Waals surface area contributed by atoms with E-state index in [2.05, 4.69) is 29.4 Å². The van der Waals surface area contributed by atoms with Crippen molar-refractivity contribution in [2.24, 2.45) is 11.1 Å². The lowest BCUT2D eigenvalue weighted by Gasteiger charge is -2.07. The number of nitrogens with two attached hydrogens (primary N) is 1. The van der Waals surface area contributed by atoms with Gasteiger partial charge < -0.3 is 5.73 Å². The number of hydrogen-bond acceptors (Lipinski definition) is 4. The molecule has 0 aliphatic heterocycles. The third-order valence-corrected chi connectivity index (χ3v) is 2.68. The van der Waals surface area contributed by atoms with Gasteiger partial charge in [0.15, 0.2) is 5.82 Å². The van der Waals surface area contributed by atoms with Gasteiger partial charge in [-0.3, -0.25) is 0 Å². The van der Waals surface area contributed by atoms with Crippen LogP contribution in [0.1, 0.15) is 45.1 Å². The normalized spacial score (nSPS) is 27.2. The van der Waals surface area contributed by atoms with E-state index < -0.39 is 0 Å². The highest BCUT2D eigenvalue weighted by Crippen LogP contribution is 2.55. The van der Waals surface area contributed by atoms with Crippen molar-refractivity contribution in [1.82, 2.24) is 20.2 Å². The maximum absolute atomic E-state index is 5.75. The number of hydrogen-bond donors (Lipinski definition) is 1. The van der Waals surface area contributed by atoms with Gasteiger partial charge >= 0.3 is 0 Å². The standard InChI is InChI=1S/C8H15N5/c1-5(9)7-10-11-12-13(7)6-4-8(6,2)3/h5-6H,4,9H2,1-3H3. The number of nitrogens with zero attached hydrogens (tertiary/aromatic N) is 4. The molecule has 1 fully saturated rings. The van der Waals surface area contributed by atoms with E-state index in [1.807, 2.05) is 11.6 Å². The van der Waals surface area contributed by atoms with Gasteiger partial charge in [-0.25, -0.2) is 4.68 Å². The minimum atomic E-state index is -0.0913. The summed E-state index contributed by atoms with van der Waals surface area (Å²) in [6.45, 7) is 6.33. The summed E-state index contributed by atoms with van der Waals surface area (Å²) in [5, 5.41) is 11.5. The van der Waals surface area contributed by atoms with E-state index in [9.17, 15) is 0 Å². The minimum Gasteiger partial charge on any atom is -0.322 e. The van der Waals surface area contributed by atoms with Gasteiger partial charge in [-0.1, -0.05) is 13.8 Å². The van der Waals surface area contributed by atoms with Gasteiger partial charge in [0, 0.05) is 0 Å². The Hall–Kier alpha value is -0.970. The molecule has 2 N–H and O–H groups in total. The van der Waals surface area contributed by atoms with Gasteiger partial charge in [-0.2, -0.15) is 0 Å². The summed E-state index contributed by atoms with van der Waals surface area (Å²) in [6.07, 6.45) is 1.14. The molecule has 2 rings (SSSR count). The molecule has 2 unspecified atom stereocenters. The van der Waals surface area contributed by atoms with E-state index in [1.165, 1.54) is 0 Å². The summed E-state index contributed by atoms with van der Waals surface area (Å²) in [5.74, 6) is 0.788. The number of tetrazole rings is 1. The molecule has 5 nitrogen and oxygen atoms in total. The van der Waals surface area contributed by atoms with Gasteiger partial charge in [0.05, 0.1) is 12.1 Å². The Morgan fingerprint density at radius 1 is 1.62 bits per heavy atom. The Labute approximate surface area is 77.3 Å². The zero-order valence-electron chi connectivity index (χ0n) is 8.23. The lowest BCUT2D eigenvalue weighted by molar-refractivity contribution is 0.470. The second kappa shape index (κ2) is 2.51. The molecule has 1 heterocycles. The molecule has 5 heteroatoms. The summed E-state index contributed by atoms with van der Waals surface area (Å²) in [7, 11) is 0. The van der Waals surface area contributed by atoms with Crippen LogP contribution in [-0.4, -0.2) is 20.2 Å². The third kappa shape index (κ3) is 1.33. The van der Waals surface area contributed by atoms with Crippen LogP contribution < -0.4 is 5.73 Å². The van der Waals surface area contributed by atoms with Crippen molar-refractivity contribution >= 4 is 0 Å². The van der Waals surface area contributed by atoms with E-state index in [-0.39, 0.29) is 6.04 Å². The lowest BCUT2D eigenvalue weighted by atomic mass is 10.2. The highest BCUT2D eigenvalue weighted by molar-refractivity contribution is 5.03. The molecule has 1 aromatic heterocycles. The fraction of sp³-hybridized carbons (Fsp3) is 0.875. The molecule has 13 heavy (non-hydrogen) atoms. The van der Waals surface area contributed by atoms with Crippen molar-refractivity contribution in [1.29, 1.82) is 0 Å². The Morgan fingerprint density at radius 3 is 2.69 bits per heavy atom. The Bertz CT molecular complexity index is 314. The van der Waals surface area contributed by atoms with Crippen LogP contribution in [0, 0.1) is 5.41 Å². The fourth-order valence-corrected chi connectivity index (χ4v) is 1.58. The van der Waals surface area contributed by atoms with Crippen LogP contribution in [0.5, 0.6) is 0 Å².